The normalized spacial score (nSPS) is 33.9. The molecule has 90 valence electrons. The molecular formula is C13H20O3. The number of hydrogen-bond donors (Lipinski definition) is 0. The first-order valence-corrected chi connectivity index (χ1v) is 6.11. The Hall–Kier alpha value is -0.860. The first kappa shape index (κ1) is 11.6. The highest BCUT2D eigenvalue weighted by atomic mass is 16.6. The summed E-state index contributed by atoms with van der Waals surface area (Å²) in [5.74, 6) is 1.22. The fourth-order valence-corrected chi connectivity index (χ4v) is 2.85. The van der Waals surface area contributed by atoms with Gasteiger partial charge in [0.05, 0.1) is 5.92 Å². The van der Waals surface area contributed by atoms with Gasteiger partial charge in [-0.2, -0.15) is 0 Å². The van der Waals surface area contributed by atoms with Gasteiger partial charge in [-0.1, -0.05) is 0 Å². The predicted octanol–water partition coefficient (Wildman–Crippen LogP) is 2.33. The minimum Gasteiger partial charge on any atom is -0.460 e. The second-order valence-electron chi connectivity index (χ2n) is 6.08. The van der Waals surface area contributed by atoms with E-state index in [0.717, 1.165) is 12.8 Å². The molecule has 0 aliphatic heterocycles. The van der Waals surface area contributed by atoms with Crippen molar-refractivity contribution in [2.24, 2.45) is 17.8 Å². The van der Waals surface area contributed by atoms with Gasteiger partial charge < -0.3 is 4.74 Å². The summed E-state index contributed by atoms with van der Waals surface area (Å²) in [6, 6.07) is 0. The lowest BCUT2D eigenvalue weighted by Crippen LogP contribution is -2.47. The quantitative estimate of drug-likeness (QED) is 0.642. The second-order valence-corrected chi connectivity index (χ2v) is 6.08. The van der Waals surface area contributed by atoms with Gasteiger partial charge in [-0.3, -0.25) is 9.59 Å². The third kappa shape index (κ3) is 2.28. The van der Waals surface area contributed by atoms with Gasteiger partial charge in [0.1, 0.15) is 11.4 Å². The van der Waals surface area contributed by atoms with Crippen molar-refractivity contribution in [2.45, 2.75) is 52.1 Å². The Morgan fingerprint density at radius 2 is 2.06 bits per heavy atom. The summed E-state index contributed by atoms with van der Waals surface area (Å²) in [7, 11) is 0. The molecule has 0 spiro atoms. The van der Waals surface area contributed by atoms with Gasteiger partial charge in [-0.25, -0.2) is 0 Å². The van der Waals surface area contributed by atoms with Crippen LogP contribution in [0.2, 0.25) is 0 Å². The van der Waals surface area contributed by atoms with Crippen LogP contribution in [-0.2, 0) is 14.3 Å². The van der Waals surface area contributed by atoms with Crippen molar-refractivity contribution < 1.29 is 14.3 Å². The lowest BCUT2D eigenvalue weighted by molar-refractivity contribution is -0.172. The zero-order chi connectivity index (χ0) is 11.9. The maximum atomic E-state index is 11.9. The highest BCUT2D eigenvalue weighted by molar-refractivity contribution is 5.81. The van der Waals surface area contributed by atoms with E-state index in [4.69, 9.17) is 4.74 Å². The highest BCUT2D eigenvalue weighted by Gasteiger charge is 2.48. The predicted molar refractivity (Wildman–Crippen MR) is 59.8 cm³/mol. The Bertz CT molecular complexity index is 314. The molecule has 2 rings (SSSR count). The average molecular weight is 224 g/mol. The van der Waals surface area contributed by atoms with Gasteiger partial charge in [0.2, 0.25) is 0 Å². The molecule has 3 atom stereocenters. The molecule has 2 saturated carbocycles. The summed E-state index contributed by atoms with van der Waals surface area (Å²) in [6.07, 6.45) is 3.07. The van der Waals surface area contributed by atoms with Crippen molar-refractivity contribution in [3.63, 3.8) is 0 Å². The second kappa shape index (κ2) is 3.86. The van der Waals surface area contributed by atoms with E-state index in [1.807, 2.05) is 20.8 Å². The summed E-state index contributed by atoms with van der Waals surface area (Å²) in [5, 5.41) is 0. The number of carbonyl (C=O) groups is 2. The molecule has 0 bridgehead atoms. The fourth-order valence-electron chi connectivity index (χ4n) is 2.85. The van der Waals surface area contributed by atoms with E-state index >= 15 is 0 Å². The van der Waals surface area contributed by atoms with Crippen LogP contribution in [0, 0.1) is 17.8 Å². The first-order valence-electron chi connectivity index (χ1n) is 6.11. The summed E-state index contributed by atoms with van der Waals surface area (Å²) >= 11 is 0. The Kier molecular flexibility index (Phi) is 2.81. The Morgan fingerprint density at radius 3 is 2.62 bits per heavy atom. The molecule has 0 amide bonds. The van der Waals surface area contributed by atoms with E-state index in [2.05, 4.69) is 0 Å². The third-order valence-corrected chi connectivity index (χ3v) is 3.63. The lowest BCUT2D eigenvalue weighted by Gasteiger charge is -2.46. The van der Waals surface area contributed by atoms with E-state index in [1.165, 1.54) is 0 Å². The molecule has 0 N–H and O–H groups in total. The standard InChI is InChI=1S/C13H20O3/c1-13(2,3)16-12(15)11-7-8-6-9(14)4-5-10(8)11/h8,10-11H,4-7H2,1-3H3/t8-,10-,11-/m0/s1. The largest absolute Gasteiger partial charge is 0.460 e. The zero-order valence-corrected chi connectivity index (χ0v) is 10.3. The van der Waals surface area contributed by atoms with Crippen molar-refractivity contribution in [3.8, 4) is 0 Å². The minimum absolute atomic E-state index is 0.0531. The Labute approximate surface area is 96.5 Å². The van der Waals surface area contributed by atoms with Gasteiger partial charge >= 0.3 is 5.97 Å². The molecule has 0 aromatic heterocycles. The highest BCUT2D eigenvalue weighted by Crippen LogP contribution is 2.49. The maximum Gasteiger partial charge on any atom is 0.309 e. The monoisotopic (exact) mass is 224 g/mol. The number of esters is 1. The number of hydrogen-bond acceptors (Lipinski definition) is 3. The van der Waals surface area contributed by atoms with E-state index in [0.29, 0.717) is 30.5 Å². The van der Waals surface area contributed by atoms with E-state index in [9.17, 15) is 9.59 Å². The van der Waals surface area contributed by atoms with Gasteiger partial charge in [-0.05, 0) is 45.4 Å². The number of ketones is 1. The van der Waals surface area contributed by atoms with E-state index in [1.54, 1.807) is 0 Å². The van der Waals surface area contributed by atoms with Crippen molar-refractivity contribution in [1.82, 2.24) is 0 Å². The smallest absolute Gasteiger partial charge is 0.309 e. The Balaban J connectivity index is 1.90. The van der Waals surface area contributed by atoms with Gasteiger partial charge in [-0.15, -0.1) is 0 Å². The van der Waals surface area contributed by atoms with Crippen LogP contribution in [0.1, 0.15) is 46.5 Å². The van der Waals surface area contributed by atoms with Crippen LogP contribution in [0.5, 0.6) is 0 Å². The molecule has 16 heavy (non-hydrogen) atoms. The fraction of sp³-hybridized carbons (Fsp3) is 0.846. The van der Waals surface area contributed by atoms with Crippen LogP contribution < -0.4 is 0 Å². The van der Waals surface area contributed by atoms with E-state index < -0.39 is 5.60 Å². The molecule has 3 nitrogen and oxygen atoms in total. The van der Waals surface area contributed by atoms with Gasteiger partial charge in [0.15, 0.2) is 0 Å². The minimum atomic E-state index is -0.396. The lowest BCUT2D eigenvalue weighted by atomic mass is 9.58. The number of fused-ring (bicyclic) bond motifs is 1. The molecule has 2 aliphatic rings. The number of rotatable bonds is 1. The summed E-state index contributed by atoms with van der Waals surface area (Å²) in [5.41, 5.74) is -0.396. The number of Topliss-reactive ketones (excluding diaryl/α,β-unsaturated/α-hetero) is 1. The van der Waals surface area contributed by atoms with Crippen LogP contribution in [0.3, 0.4) is 0 Å². The number of ether oxygens (including phenoxy) is 1. The molecule has 0 saturated heterocycles. The molecule has 0 unspecified atom stereocenters. The summed E-state index contributed by atoms with van der Waals surface area (Å²) < 4.78 is 5.39. The molecule has 0 radical (unpaired) electrons. The third-order valence-electron chi connectivity index (χ3n) is 3.63. The maximum absolute atomic E-state index is 11.9. The molecule has 3 heteroatoms. The molecule has 2 aliphatic carbocycles. The average Bonchev–Trinajstić information content (AvgIpc) is 2.06. The summed E-state index contributed by atoms with van der Waals surface area (Å²) in [4.78, 5) is 23.1. The molecule has 0 aromatic rings. The van der Waals surface area contributed by atoms with Crippen LogP contribution in [0.15, 0.2) is 0 Å². The first-order chi connectivity index (χ1) is 7.37. The van der Waals surface area contributed by atoms with Crippen LogP contribution in [0.25, 0.3) is 0 Å². The van der Waals surface area contributed by atoms with E-state index in [-0.39, 0.29) is 11.9 Å². The molecule has 2 fully saturated rings. The topological polar surface area (TPSA) is 43.4 Å². The summed E-state index contributed by atoms with van der Waals surface area (Å²) in [6.45, 7) is 5.68. The SMILES string of the molecule is CC(C)(C)OC(=O)[C@H]1C[C@@H]2CC(=O)CC[C@@H]21. The number of carbonyl (C=O) groups excluding carboxylic acids is 2. The Morgan fingerprint density at radius 1 is 1.38 bits per heavy atom. The zero-order valence-electron chi connectivity index (χ0n) is 10.3. The van der Waals surface area contributed by atoms with Crippen molar-refractivity contribution in [1.29, 1.82) is 0 Å². The van der Waals surface area contributed by atoms with Crippen LogP contribution in [0.4, 0.5) is 0 Å². The molecular weight excluding hydrogens is 204 g/mol. The van der Waals surface area contributed by atoms with Crippen molar-refractivity contribution in [2.75, 3.05) is 0 Å². The van der Waals surface area contributed by atoms with Crippen LogP contribution in [-0.4, -0.2) is 17.4 Å². The van der Waals surface area contributed by atoms with Gasteiger partial charge in [0.25, 0.3) is 0 Å². The van der Waals surface area contributed by atoms with Crippen molar-refractivity contribution >= 4 is 11.8 Å². The van der Waals surface area contributed by atoms with Gasteiger partial charge in [0, 0.05) is 12.8 Å². The van der Waals surface area contributed by atoms with Crippen LogP contribution >= 0.6 is 0 Å². The van der Waals surface area contributed by atoms with Crippen molar-refractivity contribution in [3.05, 3.63) is 0 Å². The molecule has 0 heterocycles. The molecule has 0 aromatic carbocycles.